The van der Waals surface area contributed by atoms with Crippen molar-refractivity contribution in [2.24, 2.45) is 0 Å². The van der Waals surface area contributed by atoms with Crippen LogP contribution in [0.15, 0.2) is 71.7 Å². The molecule has 0 bridgehead atoms. The minimum Gasteiger partial charge on any atom is -0.422 e. The number of fused-ring (bicyclic) bond motifs is 1. The lowest BCUT2D eigenvalue weighted by Gasteiger charge is -2.32. The van der Waals surface area contributed by atoms with Crippen LogP contribution in [0.4, 0.5) is 11.5 Å². The molecule has 1 aliphatic heterocycles. The fraction of sp³-hybridized carbons (Fsp3) is 0.200. The molecule has 4 aromatic rings. The predicted octanol–water partition coefficient (Wildman–Crippen LogP) is 2.83. The average molecular weight is 457 g/mol. The van der Waals surface area contributed by atoms with Crippen molar-refractivity contribution in [3.05, 3.63) is 82.9 Å². The van der Waals surface area contributed by atoms with E-state index in [0.717, 1.165) is 43.0 Å². The van der Waals surface area contributed by atoms with Gasteiger partial charge in [0.2, 0.25) is 0 Å². The summed E-state index contributed by atoms with van der Waals surface area (Å²) in [5.41, 5.74) is 2.62. The molecule has 2 aromatic heterocycles. The maximum Gasteiger partial charge on any atom is 0.384 e. The Balaban J connectivity index is 1.38. The number of nitrogens with one attached hydrogen (secondary N) is 1. The first-order chi connectivity index (χ1) is 16.5. The number of amides is 1. The maximum atomic E-state index is 12.8. The van der Waals surface area contributed by atoms with Crippen LogP contribution >= 0.6 is 0 Å². The summed E-state index contributed by atoms with van der Waals surface area (Å²) in [6.45, 7) is 3.25. The number of anilines is 2. The van der Waals surface area contributed by atoms with Crippen LogP contribution in [0.1, 0.15) is 10.4 Å². The highest BCUT2D eigenvalue weighted by Gasteiger charge is 2.20. The Bertz CT molecular complexity index is 1410. The Hall–Kier alpha value is -4.24. The topological polar surface area (TPSA) is 104 Å². The van der Waals surface area contributed by atoms with Gasteiger partial charge in [0.15, 0.2) is 5.65 Å². The van der Waals surface area contributed by atoms with E-state index in [2.05, 4.69) is 27.2 Å². The number of hydrogen-bond acceptors (Lipinski definition) is 7. The van der Waals surface area contributed by atoms with Gasteiger partial charge in [-0.25, -0.2) is 9.78 Å². The van der Waals surface area contributed by atoms with Crippen molar-refractivity contribution in [2.75, 3.05) is 38.5 Å². The number of benzene rings is 2. The van der Waals surface area contributed by atoms with E-state index >= 15 is 0 Å². The van der Waals surface area contributed by atoms with E-state index in [1.807, 2.05) is 53.4 Å². The Labute approximate surface area is 195 Å². The summed E-state index contributed by atoms with van der Waals surface area (Å²) in [5, 5.41) is 13.6. The van der Waals surface area contributed by atoms with Crippen molar-refractivity contribution in [1.29, 1.82) is 0 Å². The van der Waals surface area contributed by atoms with Crippen molar-refractivity contribution in [2.45, 2.75) is 0 Å². The molecule has 0 aliphatic carbocycles. The van der Waals surface area contributed by atoms with Crippen LogP contribution in [-0.4, -0.2) is 68.8 Å². The fourth-order valence-electron chi connectivity index (χ4n) is 4.05. The highest BCUT2D eigenvalue weighted by Crippen LogP contribution is 2.27. The number of nitrogens with zero attached hydrogens (tertiary/aromatic N) is 5. The monoisotopic (exact) mass is 456 g/mol. The van der Waals surface area contributed by atoms with Gasteiger partial charge < -0.3 is 20.3 Å². The minimum atomic E-state index is -0.814. The van der Waals surface area contributed by atoms with Crippen LogP contribution in [0, 0.1) is 0 Å². The summed E-state index contributed by atoms with van der Waals surface area (Å²) < 4.78 is 0.432. The third kappa shape index (κ3) is 4.20. The van der Waals surface area contributed by atoms with E-state index in [4.69, 9.17) is 0 Å². The smallest absolute Gasteiger partial charge is 0.384 e. The van der Waals surface area contributed by atoms with E-state index in [9.17, 15) is 14.8 Å². The third-order valence-corrected chi connectivity index (χ3v) is 6.01. The maximum absolute atomic E-state index is 12.8. The summed E-state index contributed by atoms with van der Waals surface area (Å²) in [5.74, 6) is 0.365. The van der Waals surface area contributed by atoms with E-state index < -0.39 is 5.69 Å². The molecule has 2 N–H and O–H groups in total. The first kappa shape index (κ1) is 21.6. The molecule has 0 saturated carbocycles. The van der Waals surface area contributed by atoms with Crippen LogP contribution < -0.4 is 11.0 Å². The first-order valence-electron chi connectivity index (χ1n) is 11.0. The van der Waals surface area contributed by atoms with Crippen LogP contribution in [0.25, 0.3) is 22.2 Å². The summed E-state index contributed by atoms with van der Waals surface area (Å²) in [7, 11) is 2.06. The zero-order valence-corrected chi connectivity index (χ0v) is 18.7. The Kier molecular flexibility index (Phi) is 5.69. The van der Waals surface area contributed by atoms with E-state index in [0.29, 0.717) is 21.5 Å². The largest absolute Gasteiger partial charge is 0.422 e. The first-order valence-corrected chi connectivity index (χ1v) is 11.0. The molecule has 1 saturated heterocycles. The Morgan fingerprint density at radius 2 is 1.74 bits per heavy atom. The van der Waals surface area contributed by atoms with Crippen molar-refractivity contribution in [3.63, 3.8) is 0 Å². The molecule has 172 valence electrons. The number of carbonyl (C=O) groups excluding carboxylic acids is 1. The lowest BCUT2D eigenvalue weighted by molar-refractivity contribution is 0.0664. The summed E-state index contributed by atoms with van der Waals surface area (Å²) in [6, 6.07) is 18.7. The van der Waals surface area contributed by atoms with Crippen LogP contribution in [0.2, 0.25) is 0 Å². The van der Waals surface area contributed by atoms with Gasteiger partial charge >= 0.3 is 5.69 Å². The van der Waals surface area contributed by atoms with Crippen LogP contribution in [-0.2, 0) is 0 Å². The Morgan fingerprint density at radius 1 is 0.971 bits per heavy atom. The molecule has 9 heteroatoms. The average Bonchev–Trinajstić information content (AvgIpc) is 2.87. The second-order valence-corrected chi connectivity index (χ2v) is 8.31. The molecule has 3 heterocycles. The molecule has 0 spiro atoms. The fourth-order valence-corrected chi connectivity index (χ4v) is 4.05. The molecular formula is C25H24N6O3. The van der Waals surface area contributed by atoms with E-state index in [1.165, 1.54) is 6.20 Å². The molecule has 0 unspecified atom stereocenters. The van der Waals surface area contributed by atoms with Gasteiger partial charge in [0.05, 0.1) is 5.39 Å². The standard InChI is InChI=1S/C25H24N6O3/c1-29-12-14-30(15-13-29)24(32)18-9-7-17(8-10-18)19-4-2-5-20(16-19)27-22-21-6-3-11-26-23(21)31(34)25(33)28-22/h2-11,16,34H,12-15H2,1H3,(H,27,28,33). The van der Waals surface area contributed by atoms with Gasteiger partial charge in [-0.2, -0.15) is 4.98 Å². The Morgan fingerprint density at radius 3 is 2.50 bits per heavy atom. The highest BCUT2D eigenvalue weighted by atomic mass is 16.5. The van der Waals surface area contributed by atoms with Gasteiger partial charge in [0, 0.05) is 43.6 Å². The van der Waals surface area contributed by atoms with Gasteiger partial charge in [0.1, 0.15) is 5.82 Å². The van der Waals surface area contributed by atoms with Crippen LogP contribution in [0.5, 0.6) is 0 Å². The normalized spacial score (nSPS) is 14.3. The van der Waals surface area contributed by atoms with Crippen molar-refractivity contribution in [1.82, 2.24) is 24.5 Å². The van der Waals surface area contributed by atoms with Gasteiger partial charge in [-0.05, 0) is 54.6 Å². The molecule has 1 amide bonds. The summed E-state index contributed by atoms with van der Waals surface area (Å²) >= 11 is 0. The van der Waals surface area contributed by atoms with E-state index in [1.54, 1.807) is 12.1 Å². The number of carbonyl (C=O) groups is 1. The molecular weight excluding hydrogens is 432 g/mol. The number of rotatable bonds is 4. The van der Waals surface area contributed by atoms with Gasteiger partial charge in [-0.3, -0.25) is 4.79 Å². The molecule has 34 heavy (non-hydrogen) atoms. The molecule has 1 fully saturated rings. The highest BCUT2D eigenvalue weighted by molar-refractivity contribution is 5.95. The van der Waals surface area contributed by atoms with E-state index in [-0.39, 0.29) is 11.6 Å². The molecule has 0 radical (unpaired) electrons. The molecule has 0 atom stereocenters. The lowest BCUT2D eigenvalue weighted by Crippen LogP contribution is -2.47. The van der Waals surface area contributed by atoms with Crippen LogP contribution in [0.3, 0.4) is 0 Å². The van der Waals surface area contributed by atoms with Gasteiger partial charge in [-0.15, -0.1) is 4.73 Å². The minimum absolute atomic E-state index is 0.0558. The number of aromatic nitrogens is 3. The zero-order chi connectivity index (χ0) is 23.7. The summed E-state index contributed by atoms with van der Waals surface area (Å²) in [4.78, 5) is 37.0. The van der Waals surface area contributed by atoms with Gasteiger partial charge in [-0.1, -0.05) is 24.3 Å². The van der Waals surface area contributed by atoms with Crippen molar-refractivity contribution in [3.8, 4) is 11.1 Å². The molecule has 9 nitrogen and oxygen atoms in total. The summed E-state index contributed by atoms with van der Waals surface area (Å²) in [6.07, 6.45) is 1.50. The zero-order valence-electron chi connectivity index (χ0n) is 18.7. The third-order valence-electron chi connectivity index (χ3n) is 6.01. The SMILES string of the molecule is CN1CCN(C(=O)c2ccc(-c3cccc(Nc4nc(=O)n(O)c5ncccc45)c3)cc2)CC1. The number of likely N-dealkylation sites (N-methyl/N-ethyl adjacent to an activating group) is 1. The number of piperazine rings is 1. The number of hydrogen-bond donors (Lipinski definition) is 2. The predicted molar refractivity (Wildman–Crippen MR) is 130 cm³/mol. The van der Waals surface area contributed by atoms with Gasteiger partial charge in [0.25, 0.3) is 5.91 Å². The van der Waals surface area contributed by atoms with Crippen molar-refractivity contribution < 1.29 is 10.0 Å². The molecule has 1 aliphatic rings. The second kappa shape index (κ2) is 8.95. The molecule has 2 aromatic carbocycles. The molecule has 5 rings (SSSR count). The van der Waals surface area contributed by atoms with Crippen molar-refractivity contribution >= 4 is 28.4 Å². The number of pyridine rings is 1. The lowest BCUT2D eigenvalue weighted by atomic mass is 10.0. The second-order valence-electron chi connectivity index (χ2n) is 8.31. The quantitative estimate of drug-likeness (QED) is 0.455.